The smallest absolute Gasteiger partial charge is 0.355 e. The zero-order chi connectivity index (χ0) is 24.5. The molecule has 0 aliphatic heterocycles. The van der Waals surface area contributed by atoms with Crippen molar-refractivity contribution in [2.45, 2.75) is 16.7 Å². The monoisotopic (exact) mass is 479 g/mol. The molecule has 0 saturated heterocycles. The molecule has 0 atom stereocenters. The Labute approximate surface area is 195 Å². The number of amides is 1. The Bertz CT molecular complexity index is 1530. The van der Waals surface area contributed by atoms with Crippen LogP contribution in [0.2, 0.25) is 0 Å². The summed E-state index contributed by atoms with van der Waals surface area (Å²) in [5, 5.41) is 3.04. The molecular weight excluding hydrogens is 458 g/mol. The normalized spacial score (nSPS) is 11.3. The second kappa shape index (κ2) is 9.03. The van der Waals surface area contributed by atoms with Crippen molar-refractivity contribution in [2.24, 2.45) is 0 Å². The van der Waals surface area contributed by atoms with Crippen molar-refractivity contribution in [3.05, 3.63) is 88.3 Å². The Hall–Kier alpha value is -4.11. The topological polar surface area (TPSA) is 112 Å². The van der Waals surface area contributed by atoms with Crippen LogP contribution >= 0.6 is 0 Å². The van der Waals surface area contributed by atoms with Crippen molar-refractivity contribution < 1.29 is 27.1 Å². The van der Waals surface area contributed by atoms with Gasteiger partial charge in [-0.25, -0.2) is 13.2 Å². The lowest BCUT2D eigenvalue weighted by molar-refractivity contribution is 0.102. The standard InChI is InChI=1S/C25H21NO7S/c1-15-4-7-21(8-5-15)34(29,30)23-11-17-10-16(6-9-22(17)33-25(23)28)24(27)26-18-12-19(31-2)14-20(13-18)32-3/h4-14H,1-3H3,(H,26,27). The van der Waals surface area contributed by atoms with Crippen molar-refractivity contribution >= 4 is 32.4 Å². The third-order valence-electron chi connectivity index (χ3n) is 5.19. The van der Waals surface area contributed by atoms with E-state index in [2.05, 4.69) is 5.32 Å². The van der Waals surface area contributed by atoms with Gasteiger partial charge in [-0.15, -0.1) is 0 Å². The number of rotatable bonds is 6. The third-order valence-corrected chi connectivity index (χ3v) is 6.95. The number of fused-ring (bicyclic) bond motifs is 1. The lowest BCUT2D eigenvalue weighted by Crippen LogP contribution is -2.15. The molecule has 1 aromatic heterocycles. The lowest BCUT2D eigenvalue weighted by atomic mass is 10.1. The molecule has 1 amide bonds. The molecule has 4 aromatic rings. The molecular formula is C25H21NO7S. The number of hydrogen-bond donors (Lipinski definition) is 1. The van der Waals surface area contributed by atoms with E-state index in [0.29, 0.717) is 22.6 Å². The van der Waals surface area contributed by atoms with E-state index in [0.717, 1.165) is 5.56 Å². The van der Waals surface area contributed by atoms with Gasteiger partial charge < -0.3 is 19.2 Å². The summed E-state index contributed by atoms with van der Waals surface area (Å²) < 4.78 is 41.7. The van der Waals surface area contributed by atoms with E-state index < -0.39 is 26.3 Å². The maximum Gasteiger partial charge on any atom is 0.355 e. The zero-order valence-corrected chi connectivity index (χ0v) is 19.4. The van der Waals surface area contributed by atoms with Crippen LogP contribution in [-0.4, -0.2) is 28.5 Å². The van der Waals surface area contributed by atoms with Crippen LogP contribution in [0.4, 0.5) is 5.69 Å². The summed E-state index contributed by atoms with van der Waals surface area (Å²) in [4.78, 5) is 24.8. The fourth-order valence-electron chi connectivity index (χ4n) is 3.36. The van der Waals surface area contributed by atoms with Gasteiger partial charge >= 0.3 is 5.63 Å². The highest BCUT2D eigenvalue weighted by atomic mass is 32.2. The second-order valence-electron chi connectivity index (χ2n) is 7.52. The first-order chi connectivity index (χ1) is 16.2. The van der Waals surface area contributed by atoms with Gasteiger partial charge in [-0.1, -0.05) is 17.7 Å². The molecule has 3 aromatic carbocycles. The first-order valence-corrected chi connectivity index (χ1v) is 11.6. The van der Waals surface area contributed by atoms with Crippen molar-refractivity contribution in [3.8, 4) is 11.5 Å². The molecule has 0 unspecified atom stereocenters. The fraction of sp³-hybridized carbons (Fsp3) is 0.120. The van der Waals surface area contributed by atoms with Crippen LogP contribution in [0.25, 0.3) is 11.0 Å². The minimum absolute atomic E-state index is 0.0226. The first-order valence-electron chi connectivity index (χ1n) is 10.2. The van der Waals surface area contributed by atoms with Crippen LogP contribution in [-0.2, 0) is 9.84 Å². The summed E-state index contributed by atoms with van der Waals surface area (Å²) in [5.74, 6) is 0.549. The highest BCUT2D eigenvalue weighted by Crippen LogP contribution is 2.27. The molecule has 8 nitrogen and oxygen atoms in total. The molecule has 0 aliphatic rings. The number of nitrogens with one attached hydrogen (secondary N) is 1. The van der Waals surface area contributed by atoms with Gasteiger partial charge in [0.25, 0.3) is 5.91 Å². The number of sulfone groups is 1. The molecule has 0 saturated carbocycles. The predicted molar refractivity (Wildman–Crippen MR) is 127 cm³/mol. The Morgan fingerprint density at radius 1 is 0.882 bits per heavy atom. The Balaban J connectivity index is 1.71. The van der Waals surface area contributed by atoms with Gasteiger partial charge in [0.2, 0.25) is 9.84 Å². The van der Waals surface area contributed by atoms with Crippen LogP contribution in [0, 0.1) is 6.92 Å². The van der Waals surface area contributed by atoms with Gasteiger partial charge in [-0.3, -0.25) is 4.79 Å². The van der Waals surface area contributed by atoms with E-state index >= 15 is 0 Å². The van der Waals surface area contributed by atoms with Crippen LogP contribution in [0.3, 0.4) is 0 Å². The summed E-state index contributed by atoms with van der Waals surface area (Å²) in [6.45, 7) is 1.83. The molecule has 1 heterocycles. The molecule has 1 N–H and O–H groups in total. The minimum Gasteiger partial charge on any atom is -0.497 e. The number of ether oxygens (including phenoxy) is 2. The number of aryl methyl sites for hydroxylation is 1. The fourth-order valence-corrected chi connectivity index (χ4v) is 4.65. The molecule has 174 valence electrons. The van der Waals surface area contributed by atoms with Crippen LogP contribution in [0.5, 0.6) is 11.5 Å². The van der Waals surface area contributed by atoms with E-state index in [-0.39, 0.29) is 16.0 Å². The third kappa shape index (κ3) is 4.51. The Kier molecular flexibility index (Phi) is 6.12. The van der Waals surface area contributed by atoms with Gasteiger partial charge in [-0.05, 0) is 43.3 Å². The lowest BCUT2D eigenvalue weighted by Gasteiger charge is -2.10. The highest BCUT2D eigenvalue weighted by Gasteiger charge is 2.23. The highest BCUT2D eigenvalue weighted by molar-refractivity contribution is 7.91. The number of benzene rings is 3. The van der Waals surface area contributed by atoms with E-state index in [9.17, 15) is 18.0 Å². The van der Waals surface area contributed by atoms with E-state index in [1.165, 1.54) is 50.6 Å². The summed E-state index contributed by atoms with van der Waals surface area (Å²) in [6, 6.07) is 16.7. The van der Waals surface area contributed by atoms with Gasteiger partial charge in [0.05, 0.1) is 19.1 Å². The molecule has 34 heavy (non-hydrogen) atoms. The van der Waals surface area contributed by atoms with Crippen molar-refractivity contribution in [1.29, 1.82) is 0 Å². The molecule has 9 heteroatoms. The van der Waals surface area contributed by atoms with Gasteiger partial charge in [0.15, 0.2) is 4.90 Å². The molecule has 0 bridgehead atoms. The summed E-state index contributed by atoms with van der Waals surface area (Å²) in [7, 11) is -1.11. The second-order valence-corrected chi connectivity index (χ2v) is 9.44. The summed E-state index contributed by atoms with van der Waals surface area (Å²) in [6.07, 6.45) is 0. The number of hydrogen-bond acceptors (Lipinski definition) is 7. The maximum absolute atomic E-state index is 13.0. The first kappa shape index (κ1) is 23.1. The predicted octanol–water partition coefficient (Wildman–Crippen LogP) is 4.20. The van der Waals surface area contributed by atoms with Gasteiger partial charge in [0.1, 0.15) is 17.1 Å². The van der Waals surface area contributed by atoms with Crippen LogP contribution in [0.1, 0.15) is 15.9 Å². The van der Waals surface area contributed by atoms with Crippen LogP contribution < -0.4 is 20.4 Å². The molecule has 0 spiro atoms. The van der Waals surface area contributed by atoms with E-state index in [1.54, 1.807) is 30.3 Å². The number of methoxy groups -OCH3 is 2. The van der Waals surface area contributed by atoms with Crippen molar-refractivity contribution in [1.82, 2.24) is 0 Å². The molecule has 0 fully saturated rings. The summed E-state index contributed by atoms with van der Waals surface area (Å²) >= 11 is 0. The van der Waals surface area contributed by atoms with Crippen molar-refractivity contribution in [3.63, 3.8) is 0 Å². The van der Waals surface area contributed by atoms with Crippen LogP contribution in [0.15, 0.2) is 85.7 Å². The average Bonchev–Trinajstić information content (AvgIpc) is 2.83. The van der Waals surface area contributed by atoms with Crippen molar-refractivity contribution in [2.75, 3.05) is 19.5 Å². The number of carbonyl (C=O) groups excluding carboxylic acids is 1. The quantitative estimate of drug-likeness (QED) is 0.413. The molecule has 4 rings (SSSR count). The SMILES string of the molecule is COc1cc(NC(=O)c2ccc3oc(=O)c(S(=O)(=O)c4ccc(C)cc4)cc3c2)cc(OC)c1. The molecule has 0 radical (unpaired) electrons. The molecule has 0 aliphatic carbocycles. The Morgan fingerprint density at radius 2 is 1.53 bits per heavy atom. The number of anilines is 1. The zero-order valence-electron chi connectivity index (χ0n) is 18.6. The van der Waals surface area contributed by atoms with E-state index in [1.807, 2.05) is 6.92 Å². The minimum atomic E-state index is -4.11. The maximum atomic E-state index is 13.0. The Morgan fingerprint density at radius 3 is 2.15 bits per heavy atom. The van der Waals surface area contributed by atoms with Gasteiger partial charge in [-0.2, -0.15) is 0 Å². The van der Waals surface area contributed by atoms with Gasteiger partial charge in [0, 0.05) is 34.8 Å². The number of carbonyl (C=O) groups is 1. The van der Waals surface area contributed by atoms with E-state index in [4.69, 9.17) is 13.9 Å². The summed E-state index contributed by atoms with van der Waals surface area (Å²) in [5.41, 5.74) is 0.750. The largest absolute Gasteiger partial charge is 0.497 e. The average molecular weight is 480 g/mol.